The van der Waals surface area contributed by atoms with Crippen molar-refractivity contribution < 1.29 is 28.5 Å². The summed E-state index contributed by atoms with van der Waals surface area (Å²) >= 11 is 3.39. The highest BCUT2D eigenvalue weighted by Crippen LogP contribution is 2.32. The average molecular weight is 525 g/mol. The van der Waals surface area contributed by atoms with Crippen molar-refractivity contribution in [2.45, 2.75) is 13.3 Å². The van der Waals surface area contributed by atoms with Crippen molar-refractivity contribution in [3.05, 3.63) is 81.8 Å². The van der Waals surface area contributed by atoms with Crippen LogP contribution in [0.1, 0.15) is 39.6 Å². The lowest BCUT2D eigenvalue weighted by Crippen LogP contribution is -2.17. The second-order valence-corrected chi connectivity index (χ2v) is 8.13. The van der Waals surface area contributed by atoms with E-state index in [4.69, 9.17) is 18.9 Å². The van der Waals surface area contributed by atoms with Gasteiger partial charge in [-0.3, -0.25) is 4.79 Å². The van der Waals surface area contributed by atoms with Gasteiger partial charge >= 0.3 is 5.97 Å². The standard InChI is InChI=1S/C25H21BrN2O6/c1-2-11-31-20-7-3-16(4-8-20)25(30)34-21-10-6-19(26)12-18(21)14-27-28-24(29)17-5-9-22-23(13-17)33-15-32-22/h3-10,12-14H,2,11,15H2,1H3,(H,28,29)/b27-14-. The lowest BCUT2D eigenvalue weighted by molar-refractivity contribution is 0.0734. The summed E-state index contributed by atoms with van der Waals surface area (Å²) in [6, 6.07) is 16.7. The molecule has 174 valence electrons. The molecule has 0 bridgehead atoms. The number of amides is 1. The van der Waals surface area contributed by atoms with Gasteiger partial charge in [0.25, 0.3) is 5.91 Å². The fraction of sp³-hybridized carbons (Fsp3) is 0.160. The monoisotopic (exact) mass is 524 g/mol. The Bertz CT molecular complexity index is 1230. The Hall–Kier alpha value is -3.85. The molecular formula is C25H21BrN2O6. The van der Waals surface area contributed by atoms with Crippen LogP contribution in [-0.4, -0.2) is 31.5 Å². The summed E-state index contributed by atoms with van der Waals surface area (Å²) in [5, 5.41) is 4.01. The van der Waals surface area contributed by atoms with E-state index in [2.05, 4.69) is 26.5 Å². The first-order valence-electron chi connectivity index (χ1n) is 10.5. The molecule has 1 aliphatic rings. The van der Waals surface area contributed by atoms with Crippen molar-refractivity contribution in [1.82, 2.24) is 5.43 Å². The predicted molar refractivity (Wildman–Crippen MR) is 129 cm³/mol. The SMILES string of the molecule is CCCOc1ccc(C(=O)Oc2ccc(Br)cc2/C=N\NC(=O)c2ccc3c(c2)OCO3)cc1. The summed E-state index contributed by atoms with van der Waals surface area (Å²) in [5.74, 6) is 1.12. The van der Waals surface area contributed by atoms with Gasteiger partial charge < -0.3 is 18.9 Å². The van der Waals surface area contributed by atoms with Crippen molar-refractivity contribution in [2.75, 3.05) is 13.4 Å². The predicted octanol–water partition coefficient (Wildman–Crippen LogP) is 4.95. The summed E-state index contributed by atoms with van der Waals surface area (Å²) in [6.45, 7) is 2.75. The molecule has 0 radical (unpaired) electrons. The Morgan fingerprint density at radius 2 is 1.79 bits per heavy atom. The number of halogens is 1. The van der Waals surface area contributed by atoms with Gasteiger partial charge in [0, 0.05) is 15.6 Å². The Kier molecular flexibility index (Phi) is 7.44. The third-order valence-corrected chi connectivity index (χ3v) is 5.24. The number of nitrogens with one attached hydrogen (secondary N) is 1. The van der Waals surface area contributed by atoms with Crippen LogP contribution in [-0.2, 0) is 0 Å². The van der Waals surface area contributed by atoms with E-state index in [0.29, 0.717) is 46.3 Å². The number of hydrazone groups is 1. The van der Waals surface area contributed by atoms with Crippen LogP contribution in [0.4, 0.5) is 0 Å². The first-order valence-corrected chi connectivity index (χ1v) is 11.3. The number of nitrogens with zero attached hydrogens (tertiary/aromatic N) is 1. The van der Waals surface area contributed by atoms with Crippen molar-refractivity contribution in [3.63, 3.8) is 0 Å². The van der Waals surface area contributed by atoms with E-state index < -0.39 is 11.9 Å². The number of hydrogen-bond acceptors (Lipinski definition) is 7. The van der Waals surface area contributed by atoms with Crippen LogP contribution in [0.25, 0.3) is 0 Å². The molecule has 9 heteroatoms. The molecule has 0 saturated heterocycles. The van der Waals surface area contributed by atoms with Crippen molar-refractivity contribution >= 4 is 34.0 Å². The minimum absolute atomic E-state index is 0.125. The molecule has 0 saturated carbocycles. The zero-order chi connectivity index (χ0) is 23.9. The molecule has 1 heterocycles. The molecule has 0 atom stereocenters. The van der Waals surface area contributed by atoms with Crippen LogP contribution >= 0.6 is 15.9 Å². The first kappa shape index (κ1) is 23.3. The average Bonchev–Trinajstić information content (AvgIpc) is 3.32. The molecule has 1 amide bonds. The van der Waals surface area contributed by atoms with E-state index in [1.807, 2.05) is 6.92 Å². The van der Waals surface area contributed by atoms with E-state index >= 15 is 0 Å². The normalized spacial score (nSPS) is 11.9. The molecule has 0 aromatic heterocycles. The second kappa shape index (κ2) is 10.8. The maximum absolute atomic E-state index is 12.6. The number of ether oxygens (including phenoxy) is 4. The van der Waals surface area contributed by atoms with Gasteiger partial charge in [-0.2, -0.15) is 5.10 Å². The first-order chi connectivity index (χ1) is 16.5. The van der Waals surface area contributed by atoms with Gasteiger partial charge in [0.2, 0.25) is 6.79 Å². The maximum Gasteiger partial charge on any atom is 0.343 e. The Labute approximate surface area is 204 Å². The Balaban J connectivity index is 1.42. The third kappa shape index (κ3) is 5.74. The number of fused-ring (bicyclic) bond motifs is 1. The Morgan fingerprint density at radius 3 is 2.59 bits per heavy atom. The number of hydrogen-bond donors (Lipinski definition) is 1. The molecule has 0 fully saturated rings. The molecule has 0 aliphatic carbocycles. The maximum atomic E-state index is 12.6. The summed E-state index contributed by atoms with van der Waals surface area (Å²) in [6.07, 6.45) is 2.30. The quantitative estimate of drug-likeness (QED) is 0.194. The van der Waals surface area contributed by atoms with Crippen molar-refractivity contribution in [2.24, 2.45) is 5.10 Å². The lowest BCUT2D eigenvalue weighted by Gasteiger charge is -2.09. The molecule has 0 spiro atoms. The van der Waals surface area contributed by atoms with Gasteiger partial charge in [0.1, 0.15) is 11.5 Å². The number of carbonyl (C=O) groups is 2. The van der Waals surface area contributed by atoms with Gasteiger partial charge in [-0.25, -0.2) is 10.2 Å². The van der Waals surface area contributed by atoms with E-state index in [-0.39, 0.29) is 6.79 Å². The molecule has 1 aliphatic heterocycles. The van der Waals surface area contributed by atoms with Crippen LogP contribution < -0.4 is 24.4 Å². The van der Waals surface area contributed by atoms with E-state index in [0.717, 1.165) is 10.9 Å². The highest BCUT2D eigenvalue weighted by atomic mass is 79.9. The van der Waals surface area contributed by atoms with Crippen LogP contribution in [0.3, 0.4) is 0 Å². The van der Waals surface area contributed by atoms with Crippen LogP contribution in [0, 0.1) is 0 Å². The molecule has 34 heavy (non-hydrogen) atoms. The van der Waals surface area contributed by atoms with Crippen molar-refractivity contribution in [1.29, 1.82) is 0 Å². The minimum Gasteiger partial charge on any atom is -0.494 e. The fourth-order valence-electron chi connectivity index (χ4n) is 3.04. The molecule has 3 aromatic carbocycles. The molecule has 0 unspecified atom stereocenters. The van der Waals surface area contributed by atoms with Crippen LogP contribution in [0.15, 0.2) is 70.2 Å². The van der Waals surface area contributed by atoms with Gasteiger partial charge in [-0.05, 0) is 67.1 Å². The molecule has 3 aromatic rings. The third-order valence-electron chi connectivity index (χ3n) is 4.74. The van der Waals surface area contributed by atoms with E-state index in [1.165, 1.54) is 6.21 Å². The fourth-order valence-corrected chi connectivity index (χ4v) is 3.42. The van der Waals surface area contributed by atoms with Crippen LogP contribution in [0.5, 0.6) is 23.0 Å². The van der Waals surface area contributed by atoms with E-state index in [1.54, 1.807) is 60.7 Å². The number of esters is 1. The highest BCUT2D eigenvalue weighted by Gasteiger charge is 2.16. The molecule has 1 N–H and O–H groups in total. The zero-order valence-corrected chi connectivity index (χ0v) is 19.8. The smallest absolute Gasteiger partial charge is 0.343 e. The van der Waals surface area contributed by atoms with Crippen LogP contribution in [0.2, 0.25) is 0 Å². The summed E-state index contributed by atoms with van der Waals surface area (Å²) < 4.78 is 22.4. The largest absolute Gasteiger partial charge is 0.494 e. The van der Waals surface area contributed by atoms with E-state index in [9.17, 15) is 9.59 Å². The topological polar surface area (TPSA) is 95.5 Å². The number of carbonyl (C=O) groups excluding carboxylic acids is 2. The van der Waals surface area contributed by atoms with Gasteiger partial charge in [-0.1, -0.05) is 22.9 Å². The second-order valence-electron chi connectivity index (χ2n) is 7.21. The highest BCUT2D eigenvalue weighted by molar-refractivity contribution is 9.10. The number of benzene rings is 3. The lowest BCUT2D eigenvalue weighted by atomic mass is 10.2. The number of rotatable bonds is 8. The summed E-state index contributed by atoms with van der Waals surface area (Å²) in [5.41, 5.74) is 3.70. The Morgan fingerprint density at radius 1 is 1.03 bits per heavy atom. The molecular weight excluding hydrogens is 504 g/mol. The minimum atomic E-state index is -0.525. The molecule has 8 nitrogen and oxygen atoms in total. The van der Waals surface area contributed by atoms with Gasteiger partial charge in [0.15, 0.2) is 11.5 Å². The van der Waals surface area contributed by atoms with Gasteiger partial charge in [0.05, 0.1) is 18.4 Å². The zero-order valence-electron chi connectivity index (χ0n) is 18.2. The summed E-state index contributed by atoms with van der Waals surface area (Å²) in [4.78, 5) is 25.0. The molecule has 4 rings (SSSR count). The summed E-state index contributed by atoms with van der Waals surface area (Å²) in [7, 11) is 0. The van der Waals surface area contributed by atoms with Crippen molar-refractivity contribution in [3.8, 4) is 23.0 Å². The van der Waals surface area contributed by atoms with Gasteiger partial charge in [-0.15, -0.1) is 0 Å².